The Bertz CT molecular complexity index is 1160. The number of pyridine rings is 1. The van der Waals surface area contributed by atoms with E-state index in [0.29, 0.717) is 12.4 Å². The third-order valence-corrected chi connectivity index (χ3v) is 6.60. The lowest BCUT2D eigenvalue weighted by atomic mass is 9.60. The van der Waals surface area contributed by atoms with Gasteiger partial charge in [-0.25, -0.2) is 0 Å². The highest BCUT2D eigenvalue weighted by Crippen LogP contribution is 2.49. The summed E-state index contributed by atoms with van der Waals surface area (Å²) in [7, 11) is -5.69. The van der Waals surface area contributed by atoms with Crippen molar-refractivity contribution in [3.8, 4) is 11.5 Å². The lowest BCUT2D eigenvalue weighted by Gasteiger charge is -2.43. The van der Waals surface area contributed by atoms with Crippen molar-refractivity contribution in [3.05, 3.63) is 89.7 Å². The van der Waals surface area contributed by atoms with Crippen molar-refractivity contribution in [2.45, 2.75) is 36.8 Å². The van der Waals surface area contributed by atoms with E-state index in [1.165, 1.54) is 12.1 Å². The SMILES string of the molecule is O=S(=O)(Oc1ccc(C2(c3ccc(OCc4ccccn4)cc3)CCC2)cc1)C(F)(F)F. The van der Waals surface area contributed by atoms with Crippen molar-refractivity contribution in [1.29, 1.82) is 0 Å². The van der Waals surface area contributed by atoms with Crippen LogP contribution < -0.4 is 8.92 Å². The van der Waals surface area contributed by atoms with Crippen LogP contribution in [-0.2, 0) is 22.1 Å². The second-order valence-electron chi connectivity index (χ2n) is 7.58. The third-order valence-electron chi connectivity index (χ3n) is 5.62. The molecule has 9 heteroatoms. The van der Waals surface area contributed by atoms with Gasteiger partial charge in [-0.3, -0.25) is 4.98 Å². The first-order valence-corrected chi connectivity index (χ1v) is 11.4. The van der Waals surface area contributed by atoms with Gasteiger partial charge >= 0.3 is 15.6 Å². The van der Waals surface area contributed by atoms with Crippen molar-refractivity contribution in [3.63, 3.8) is 0 Å². The smallest absolute Gasteiger partial charge is 0.487 e. The van der Waals surface area contributed by atoms with Gasteiger partial charge in [-0.2, -0.15) is 21.6 Å². The summed E-state index contributed by atoms with van der Waals surface area (Å²) >= 11 is 0. The largest absolute Gasteiger partial charge is 0.534 e. The van der Waals surface area contributed by atoms with Crippen LogP contribution in [0.2, 0.25) is 0 Å². The number of benzene rings is 2. The predicted molar refractivity (Wildman–Crippen MR) is 112 cm³/mol. The Morgan fingerprint density at radius 3 is 1.94 bits per heavy atom. The highest BCUT2D eigenvalue weighted by Gasteiger charge is 2.48. The molecule has 1 aliphatic rings. The molecule has 0 amide bonds. The molecule has 32 heavy (non-hydrogen) atoms. The molecule has 1 fully saturated rings. The van der Waals surface area contributed by atoms with Gasteiger partial charge in [0.15, 0.2) is 0 Å². The van der Waals surface area contributed by atoms with E-state index in [9.17, 15) is 21.6 Å². The van der Waals surface area contributed by atoms with Gasteiger partial charge in [0.05, 0.1) is 5.69 Å². The molecule has 0 unspecified atom stereocenters. The number of rotatable bonds is 7. The molecule has 1 aromatic heterocycles. The van der Waals surface area contributed by atoms with E-state index in [4.69, 9.17) is 4.74 Å². The quantitative estimate of drug-likeness (QED) is 0.349. The summed E-state index contributed by atoms with van der Waals surface area (Å²) in [5.41, 5.74) is -2.97. The average molecular weight is 463 g/mol. The van der Waals surface area contributed by atoms with Crippen LogP contribution in [0.15, 0.2) is 72.9 Å². The molecule has 0 bridgehead atoms. The van der Waals surface area contributed by atoms with Crippen molar-refractivity contribution in [1.82, 2.24) is 4.98 Å². The van der Waals surface area contributed by atoms with E-state index in [1.807, 2.05) is 42.5 Å². The minimum absolute atomic E-state index is 0.277. The van der Waals surface area contributed by atoms with Crippen molar-refractivity contribution in [2.24, 2.45) is 0 Å². The fourth-order valence-corrected chi connectivity index (χ4v) is 4.25. The zero-order chi connectivity index (χ0) is 22.8. The van der Waals surface area contributed by atoms with Gasteiger partial charge < -0.3 is 8.92 Å². The number of hydrogen-bond donors (Lipinski definition) is 0. The average Bonchev–Trinajstić information content (AvgIpc) is 2.73. The monoisotopic (exact) mass is 463 g/mol. The molecular formula is C23H20F3NO4S. The van der Waals surface area contributed by atoms with Crippen LogP contribution in [0.3, 0.4) is 0 Å². The highest BCUT2D eigenvalue weighted by molar-refractivity contribution is 7.88. The van der Waals surface area contributed by atoms with E-state index < -0.39 is 15.6 Å². The summed E-state index contributed by atoms with van der Waals surface area (Å²) in [6.07, 6.45) is 4.47. The van der Waals surface area contributed by atoms with Crippen LogP contribution in [0.1, 0.15) is 36.1 Å². The van der Waals surface area contributed by atoms with Gasteiger partial charge in [-0.05, 0) is 60.4 Å². The van der Waals surface area contributed by atoms with E-state index in [2.05, 4.69) is 9.17 Å². The molecule has 5 nitrogen and oxygen atoms in total. The third kappa shape index (κ3) is 4.43. The van der Waals surface area contributed by atoms with Crippen LogP contribution >= 0.6 is 0 Å². The van der Waals surface area contributed by atoms with Crippen LogP contribution in [0.4, 0.5) is 13.2 Å². The summed E-state index contributed by atoms with van der Waals surface area (Å²) < 4.78 is 70.0. The first-order chi connectivity index (χ1) is 15.2. The van der Waals surface area contributed by atoms with Gasteiger partial charge in [-0.15, -0.1) is 0 Å². The first-order valence-electron chi connectivity index (χ1n) is 9.94. The Labute approximate surface area is 184 Å². The summed E-state index contributed by atoms with van der Waals surface area (Å²) in [4.78, 5) is 4.22. The summed E-state index contributed by atoms with van der Waals surface area (Å²) in [5.74, 6) is 0.328. The van der Waals surface area contributed by atoms with Crippen molar-refractivity contribution < 1.29 is 30.5 Å². The topological polar surface area (TPSA) is 65.5 Å². The highest BCUT2D eigenvalue weighted by atomic mass is 32.2. The molecular weight excluding hydrogens is 443 g/mol. The number of ether oxygens (including phenoxy) is 1. The molecule has 0 atom stereocenters. The molecule has 0 N–H and O–H groups in total. The molecule has 168 valence electrons. The van der Waals surface area contributed by atoms with Gasteiger partial charge in [0.1, 0.15) is 18.1 Å². The molecule has 4 rings (SSSR count). The Balaban J connectivity index is 1.49. The molecule has 1 heterocycles. The Morgan fingerprint density at radius 2 is 1.47 bits per heavy atom. The zero-order valence-electron chi connectivity index (χ0n) is 16.9. The first kappa shape index (κ1) is 22.1. The number of aromatic nitrogens is 1. The van der Waals surface area contributed by atoms with Crippen molar-refractivity contribution in [2.75, 3.05) is 0 Å². The van der Waals surface area contributed by atoms with Gasteiger partial charge in [0.25, 0.3) is 0 Å². The van der Waals surface area contributed by atoms with Gasteiger partial charge in [0.2, 0.25) is 0 Å². The Morgan fingerprint density at radius 1 is 0.875 bits per heavy atom. The maximum atomic E-state index is 12.5. The molecule has 1 saturated carbocycles. The van der Waals surface area contributed by atoms with Crippen LogP contribution in [-0.4, -0.2) is 18.9 Å². The normalized spacial score (nSPS) is 15.6. The van der Waals surface area contributed by atoms with Crippen LogP contribution in [0.5, 0.6) is 11.5 Å². The fourth-order valence-electron chi connectivity index (χ4n) is 3.79. The number of halogens is 3. The van der Waals surface area contributed by atoms with Crippen LogP contribution in [0, 0.1) is 0 Å². The molecule has 0 aliphatic heterocycles. The van der Waals surface area contributed by atoms with E-state index in [1.54, 1.807) is 18.3 Å². The Kier molecular flexibility index (Phi) is 5.85. The van der Waals surface area contributed by atoms with E-state index in [0.717, 1.165) is 36.1 Å². The number of hydrogen-bond acceptors (Lipinski definition) is 5. The number of nitrogens with zero attached hydrogens (tertiary/aromatic N) is 1. The van der Waals surface area contributed by atoms with Gasteiger partial charge in [-0.1, -0.05) is 36.8 Å². The fraction of sp³-hybridized carbons (Fsp3) is 0.261. The van der Waals surface area contributed by atoms with Gasteiger partial charge in [0, 0.05) is 11.6 Å². The predicted octanol–water partition coefficient (Wildman–Crippen LogP) is 5.36. The minimum Gasteiger partial charge on any atom is -0.487 e. The minimum atomic E-state index is -5.69. The lowest BCUT2D eigenvalue weighted by molar-refractivity contribution is -0.0500. The maximum absolute atomic E-state index is 12.5. The van der Waals surface area contributed by atoms with E-state index in [-0.39, 0.29) is 11.2 Å². The Hall–Kier alpha value is -3.07. The number of alkyl halides is 3. The molecule has 1 aliphatic carbocycles. The van der Waals surface area contributed by atoms with Crippen LogP contribution in [0.25, 0.3) is 0 Å². The summed E-state index contributed by atoms with van der Waals surface area (Å²) in [6.45, 7) is 0.355. The van der Waals surface area contributed by atoms with Crippen molar-refractivity contribution >= 4 is 10.1 Å². The summed E-state index contributed by atoms with van der Waals surface area (Å²) in [5, 5.41) is 0. The molecule has 0 saturated heterocycles. The van der Waals surface area contributed by atoms with E-state index >= 15 is 0 Å². The molecule has 0 spiro atoms. The summed E-state index contributed by atoms with van der Waals surface area (Å²) in [6, 6.07) is 19.1. The second kappa shape index (κ2) is 8.46. The molecule has 3 aromatic rings. The molecule has 2 aromatic carbocycles. The second-order valence-corrected chi connectivity index (χ2v) is 9.12. The zero-order valence-corrected chi connectivity index (χ0v) is 17.7. The standard InChI is InChI=1S/C23H20F3NO4S/c24-23(25,26)32(28,29)31-21-11-7-18(8-12-21)22(13-3-14-22)17-5-9-20(10-6-17)30-16-19-4-1-2-15-27-19/h1-2,4-12,15H,3,13-14,16H2. The molecule has 0 radical (unpaired) electrons. The lowest BCUT2D eigenvalue weighted by Crippen LogP contribution is -2.35. The maximum Gasteiger partial charge on any atom is 0.534 e.